The van der Waals surface area contributed by atoms with Crippen molar-refractivity contribution in [3.63, 3.8) is 0 Å². The Hall–Kier alpha value is -0.930. The number of halogens is 2. The largest absolute Gasteiger partial charge is 0.496 e. The van der Waals surface area contributed by atoms with Gasteiger partial charge in [0.1, 0.15) is 5.75 Å². The van der Waals surface area contributed by atoms with Crippen molar-refractivity contribution in [1.29, 1.82) is 0 Å². The predicted molar refractivity (Wildman–Crippen MR) is 52.4 cm³/mol. The first-order chi connectivity index (χ1) is 6.19. The van der Waals surface area contributed by atoms with Crippen LogP contribution in [-0.2, 0) is 0 Å². The van der Waals surface area contributed by atoms with Crippen LogP contribution >= 0.6 is 23.2 Å². The lowest BCUT2D eigenvalue weighted by molar-refractivity contribution is 0.321. The van der Waals surface area contributed by atoms with E-state index in [9.17, 15) is 0 Å². The number of benzene rings is 1. The first-order valence-electron chi connectivity index (χ1n) is 3.39. The number of rotatable bonds is 2. The molecule has 1 aromatic carbocycles. The summed E-state index contributed by atoms with van der Waals surface area (Å²) in [5.74, 6) is 0.468. The number of ether oxygens (including phenoxy) is 1. The molecule has 13 heavy (non-hydrogen) atoms. The van der Waals surface area contributed by atoms with E-state index in [4.69, 9.17) is 33.1 Å². The molecule has 0 heterocycles. The Kier molecular flexibility index (Phi) is 3.39. The third-order valence-corrected chi connectivity index (χ3v) is 1.99. The first kappa shape index (κ1) is 10.2. The summed E-state index contributed by atoms with van der Waals surface area (Å²) < 4.78 is 4.99. The molecule has 0 aliphatic rings. The lowest BCUT2D eigenvalue weighted by Crippen LogP contribution is -1.92. The van der Waals surface area contributed by atoms with Gasteiger partial charge in [-0.1, -0.05) is 28.4 Å². The second kappa shape index (κ2) is 4.35. The normalized spacial score (nSPS) is 10.7. The van der Waals surface area contributed by atoms with E-state index < -0.39 is 0 Å². The lowest BCUT2D eigenvalue weighted by atomic mass is 10.2. The minimum absolute atomic E-state index is 0.377. The Morgan fingerprint density at radius 2 is 2.15 bits per heavy atom. The summed E-state index contributed by atoms with van der Waals surface area (Å²) in [5.41, 5.74) is 0.496. The van der Waals surface area contributed by atoms with Crippen molar-refractivity contribution in [2.24, 2.45) is 5.16 Å². The molecule has 1 N–H and O–H groups in total. The molecule has 3 nitrogen and oxygen atoms in total. The molecule has 0 bridgehead atoms. The Morgan fingerprint density at radius 1 is 1.46 bits per heavy atom. The molecule has 0 amide bonds. The van der Waals surface area contributed by atoms with Gasteiger partial charge in [0.25, 0.3) is 0 Å². The van der Waals surface area contributed by atoms with Crippen LogP contribution in [-0.4, -0.2) is 18.5 Å². The Labute approximate surface area is 85.5 Å². The van der Waals surface area contributed by atoms with Gasteiger partial charge >= 0.3 is 0 Å². The molecule has 0 aliphatic heterocycles. The second-order valence-corrected chi connectivity index (χ2v) is 3.09. The van der Waals surface area contributed by atoms with Gasteiger partial charge in [-0.3, -0.25) is 0 Å². The Bertz CT molecular complexity index is 339. The molecular formula is C8H7Cl2NO2. The maximum Gasteiger partial charge on any atom is 0.130 e. The van der Waals surface area contributed by atoms with Gasteiger partial charge in [0.05, 0.1) is 23.9 Å². The summed E-state index contributed by atoms with van der Waals surface area (Å²) in [4.78, 5) is 0. The average molecular weight is 220 g/mol. The summed E-state index contributed by atoms with van der Waals surface area (Å²) in [6.45, 7) is 0. The van der Waals surface area contributed by atoms with Crippen LogP contribution in [0.1, 0.15) is 5.56 Å². The maximum atomic E-state index is 8.36. The quantitative estimate of drug-likeness (QED) is 0.473. The molecule has 0 unspecified atom stereocenters. The Balaban J connectivity index is 3.29. The molecule has 0 spiro atoms. The smallest absolute Gasteiger partial charge is 0.130 e. The number of hydrogen-bond donors (Lipinski definition) is 1. The van der Waals surface area contributed by atoms with E-state index >= 15 is 0 Å². The monoisotopic (exact) mass is 219 g/mol. The molecule has 0 aromatic heterocycles. The van der Waals surface area contributed by atoms with E-state index in [-0.39, 0.29) is 0 Å². The lowest BCUT2D eigenvalue weighted by Gasteiger charge is -2.06. The number of nitrogens with zero attached hydrogens (tertiary/aromatic N) is 1. The highest BCUT2D eigenvalue weighted by Gasteiger charge is 2.07. The SMILES string of the molecule is COc1cc(Cl)cc(Cl)c1/C=N/O. The molecule has 0 atom stereocenters. The predicted octanol–water partition coefficient (Wildman–Crippen LogP) is 2.81. The van der Waals surface area contributed by atoms with Gasteiger partial charge in [-0.05, 0) is 12.1 Å². The minimum atomic E-state index is 0.377. The Morgan fingerprint density at radius 3 is 2.69 bits per heavy atom. The first-order valence-corrected chi connectivity index (χ1v) is 4.15. The summed E-state index contributed by atoms with van der Waals surface area (Å²) in [5, 5.41) is 12.1. The van der Waals surface area contributed by atoms with Crippen LogP contribution < -0.4 is 4.74 Å². The minimum Gasteiger partial charge on any atom is -0.496 e. The zero-order valence-corrected chi connectivity index (χ0v) is 8.30. The molecule has 0 aliphatic carbocycles. The second-order valence-electron chi connectivity index (χ2n) is 2.25. The highest BCUT2D eigenvalue weighted by atomic mass is 35.5. The van der Waals surface area contributed by atoms with Crippen molar-refractivity contribution in [2.75, 3.05) is 7.11 Å². The van der Waals surface area contributed by atoms with E-state index in [0.29, 0.717) is 21.4 Å². The molecule has 0 fully saturated rings. The molecule has 0 saturated heterocycles. The fourth-order valence-electron chi connectivity index (χ4n) is 0.913. The van der Waals surface area contributed by atoms with Crippen LogP contribution in [0, 0.1) is 0 Å². The van der Waals surface area contributed by atoms with Crippen LogP contribution in [0.5, 0.6) is 5.75 Å². The van der Waals surface area contributed by atoms with Crippen molar-refractivity contribution in [3.05, 3.63) is 27.7 Å². The third-order valence-electron chi connectivity index (χ3n) is 1.46. The van der Waals surface area contributed by atoms with Crippen LogP contribution in [0.15, 0.2) is 17.3 Å². The molecule has 0 radical (unpaired) electrons. The van der Waals surface area contributed by atoms with Crippen molar-refractivity contribution in [3.8, 4) is 5.75 Å². The van der Waals surface area contributed by atoms with Crippen molar-refractivity contribution in [2.45, 2.75) is 0 Å². The van der Waals surface area contributed by atoms with Gasteiger partial charge in [0.15, 0.2) is 0 Å². The number of hydrogen-bond acceptors (Lipinski definition) is 3. The van der Waals surface area contributed by atoms with Crippen LogP contribution in [0.4, 0.5) is 0 Å². The average Bonchev–Trinajstić information content (AvgIpc) is 2.09. The number of methoxy groups -OCH3 is 1. The zero-order valence-electron chi connectivity index (χ0n) is 6.79. The van der Waals surface area contributed by atoms with Crippen molar-refractivity contribution in [1.82, 2.24) is 0 Å². The van der Waals surface area contributed by atoms with Gasteiger partial charge in [0.2, 0.25) is 0 Å². The fourth-order valence-corrected chi connectivity index (χ4v) is 1.44. The van der Waals surface area contributed by atoms with Crippen LogP contribution in [0.2, 0.25) is 10.0 Å². The summed E-state index contributed by atoms with van der Waals surface area (Å²) in [6.07, 6.45) is 1.19. The molecular weight excluding hydrogens is 213 g/mol. The van der Waals surface area contributed by atoms with Gasteiger partial charge in [-0.2, -0.15) is 0 Å². The maximum absolute atomic E-state index is 8.36. The van der Waals surface area contributed by atoms with E-state index in [1.54, 1.807) is 12.1 Å². The van der Waals surface area contributed by atoms with Gasteiger partial charge in [-0.15, -0.1) is 0 Å². The fraction of sp³-hybridized carbons (Fsp3) is 0.125. The summed E-state index contributed by atoms with van der Waals surface area (Å²) >= 11 is 11.6. The van der Waals surface area contributed by atoms with E-state index in [0.717, 1.165) is 0 Å². The molecule has 1 rings (SSSR count). The third kappa shape index (κ3) is 2.26. The van der Waals surface area contributed by atoms with Crippen LogP contribution in [0.25, 0.3) is 0 Å². The van der Waals surface area contributed by atoms with E-state index in [1.807, 2.05) is 0 Å². The molecule has 5 heteroatoms. The van der Waals surface area contributed by atoms with Gasteiger partial charge < -0.3 is 9.94 Å². The van der Waals surface area contributed by atoms with Gasteiger partial charge in [0, 0.05) is 5.02 Å². The summed E-state index contributed by atoms with van der Waals surface area (Å²) in [6, 6.07) is 3.13. The zero-order chi connectivity index (χ0) is 9.84. The highest BCUT2D eigenvalue weighted by Crippen LogP contribution is 2.29. The van der Waals surface area contributed by atoms with Gasteiger partial charge in [-0.25, -0.2) is 0 Å². The molecule has 70 valence electrons. The van der Waals surface area contributed by atoms with Crippen molar-refractivity contribution < 1.29 is 9.94 Å². The van der Waals surface area contributed by atoms with Crippen molar-refractivity contribution >= 4 is 29.4 Å². The number of oxime groups is 1. The standard InChI is InChI=1S/C8H7Cl2NO2/c1-13-8-3-5(9)2-7(10)6(8)4-11-12/h2-4,12H,1H3/b11-4+. The highest BCUT2D eigenvalue weighted by molar-refractivity contribution is 6.36. The van der Waals surface area contributed by atoms with Crippen LogP contribution in [0.3, 0.4) is 0 Å². The summed E-state index contributed by atoms with van der Waals surface area (Å²) in [7, 11) is 1.48. The van der Waals surface area contributed by atoms with E-state index in [2.05, 4.69) is 5.16 Å². The van der Waals surface area contributed by atoms with E-state index in [1.165, 1.54) is 13.3 Å². The topological polar surface area (TPSA) is 41.8 Å². The molecule has 0 saturated carbocycles. The molecule has 1 aromatic rings.